The van der Waals surface area contributed by atoms with Crippen molar-refractivity contribution < 1.29 is 18.3 Å². The number of benzene rings is 2. The number of hydrogen-bond donors (Lipinski definition) is 0. The van der Waals surface area contributed by atoms with Crippen LogP contribution in [0.25, 0.3) is 11.1 Å². The van der Waals surface area contributed by atoms with E-state index in [0.717, 1.165) is 6.08 Å². The van der Waals surface area contributed by atoms with Crippen molar-refractivity contribution >= 4 is 5.97 Å². The van der Waals surface area contributed by atoms with Crippen LogP contribution < -0.4 is 4.74 Å². The highest BCUT2D eigenvalue weighted by atomic mass is 19.2. The molecule has 102 valence electrons. The van der Waals surface area contributed by atoms with Gasteiger partial charge >= 0.3 is 5.97 Å². The van der Waals surface area contributed by atoms with Gasteiger partial charge in [-0.1, -0.05) is 30.8 Å². The van der Waals surface area contributed by atoms with Gasteiger partial charge < -0.3 is 4.74 Å². The number of carbonyl (C=O) groups is 1. The van der Waals surface area contributed by atoms with Crippen molar-refractivity contribution in [3.63, 3.8) is 0 Å². The molecule has 20 heavy (non-hydrogen) atoms. The molecule has 0 saturated carbocycles. The number of ether oxygens (including phenoxy) is 1. The van der Waals surface area contributed by atoms with Gasteiger partial charge in [0.25, 0.3) is 0 Å². The fourth-order valence-corrected chi connectivity index (χ4v) is 1.73. The second-order valence-electron chi connectivity index (χ2n) is 4.21. The normalized spacial score (nSPS) is 10.2. The summed E-state index contributed by atoms with van der Waals surface area (Å²) in [6, 6.07) is 9.15. The number of rotatable bonds is 3. The van der Waals surface area contributed by atoms with E-state index in [0.29, 0.717) is 11.3 Å². The Morgan fingerprint density at radius 1 is 1.10 bits per heavy atom. The Bertz CT molecular complexity index is 661. The van der Waals surface area contributed by atoms with Crippen molar-refractivity contribution in [2.24, 2.45) is 0 Å². The van der Waals surface area contributed by atoms with Gasteiger partial charge in [0.1, 0.15) is 5.75 Å². The lowest BCUT2D eigenvalue weighted by atomic mass is 10.0. The molecule has 2 nitrogen and oxygen atoms in total. The second kappa shape index (κ2) is 5.65. The first-order valence-electron chi connectivity index (χ1n) is 5.92. The Labute approximate surface area is 115 Å². The summed E-state index contributed by atoms with van der Waals surface area (Å²) in [6.45, 7) is 4.79. The molecule has 0 spiro atoms. The number of esters is 1. The predicted octanol–water partition coefficient (Wildman–Crippen LogP) is 4.03. The van der Waals surface area contributed by atoms with Crippen LogP contribution in [0.1, 0.15) is 5.56 Å². The molecule has 0 saturated heterocycles. The molecule has 0 atom stereocenters. The van der Waals surface area contributed by atoms with E-state index in [-0.39, 0.29) is 11.1 Å². The summed E-state index contributed by atoms with van der Waals surface area (Å²) in [5.41, 5.74) is 0.914. The smallest absolute Gasteiger partial charge is 0.335 e. The minimum atomic E-state index is -0.888. The van der Waals surface area contributed by atoms with Crippen molar-refractivity contribution in [3.8, 4) is 16.9 Å². The lowest BCUT2D eigenvalue weighted by molar-refractivity contribution is -0.128. The molecule has 0 amide bonds. The van der Waals surface area contributed by atoms with Gasteiger partial charge in [0.15, 0.2) is 11.6 Å². The van der Waals surface area contributed by atoms with E-state index in [4.69, 9.17) is 4.74 Å². The average Bonchev–Trinajstić information content (AvgIpc) is 2.46. The Balaban J connectivity index is 2.33. The Morgan fingerprint density at radius 3 is 2.35 bits per heavy atom. The topological polar surface area (TPSA) is 26.3 Å². The molecule has 0 aliphatic carbocycles. The van der Waals surface area contributed by atoms with Gasteiger partial charge in [0.2, 0.25) is 0 Å². The Morgan fingerprint density at radius 2 is 1.75 bits per heavy atom. The largest absolute Gasteiger partial charge is 0.423 e. The van der Waals surface area contributed by atoms with E-state index in [1.807, 2.05) is 0 Å². The van der Waals surface area contributed by atoms with Crippen molar-refractivity contribution in [2.75, 3.05) is 0 Å². The minimum Gasteiger partial charge on any atom is -0.423 e. The molecule has 0 aliphatic heterocycles. The van der Waals surface area contributed by atoms with Gasteiger partial charge in [-0.2, -0.15) is 0 Å². The predicted molar refractivity (Wildman–Crippen MR) is 72.4 cm³/mol. The first kappa shape index (κ1) is 13.9. The summed E-state index contributed by atoms with van der Waals surface area (Å²) in [4.78, 5) is 11.0. The molecule has 2 rings (SSSR count). The zero-order valence-corrected chi connectivity index (χ0v) is 10.8. The van der Waals surface area contributed by atoms with E-state index in [1.54, 1.807) is 12.1 Å². The van der Waals surface area contributed by atoms with E-state index in [1.165, 1.54) is 31.2 Å². The Kier molecular flexibility index (Phi) is 3.94. The molecule has 0 N–H and O–H groups in total. The van der Waals surface area contributed by atoms with Gasteiger partial charge in [-0.05, 0) is 30.2 Å². The molecular formula is C16H12F2O2. The van der Waals surface area contributed by atoms with Crippen LogP contribution >= 0.6 is 0 Å². The van der Waals surface area contributed by atoms with Crippen molar-refractivity contribution in [1.82, 2.24) is 0 Å². The summed E-state index contributed by atoms with van der Waals surface area (Å²) in [5.74, 6) is -2.01. The van der Waals surface area contributed by atoms with E-state index in [2.05, 4.69) is 6.58 Å². The standard InChI is InChI=1S/C16H12F2O2/c1-3-14(19)20-12-7-5-11(6-8-12)13-9-4-10(2)15(17)16(13)18/h3-9H,1H2,2H3. The van der Waals surface area contributed by atoms with Gasteiger partial charge in [-0.3, -0.25) is 0 Å². The molecule has 2 aromatic carbocycles. The molecule has 0 aromatic heterocycles. The third-order valence-electron chi connectivity index (χ3n) is 2.83. The third kappa shape index (κ3) is 2.74. The lowest BCUT2D eigenvalue weighted by Crippen LogP contribution is -2.02. The Hall–Kier alpha value is -2.49. The van der Waals surface area contributed by atoms with Crippen LogP contribution in [-0.2, 0) is 4.79 Å². The van der Waals surface area contributed by atoms with Gasteiger partial charge in [0, 0.05) is 11.6 Å². The third-order valence-corrected chi connectivity index (χ3v) is 2.83. The monoisotopic (exact) mass is 274 g/mol. The van der Waals surface area contributed by atoms with Crippen molar-refractivity contribution in [3.05, 3.63) is 66.3 Å². The SMILES string of the molecule is C=CC(=O)Oc1ccc(-c2ccc(C)c(F)c2F)cc1. The van der Waals surface area contributed by atoms with Crippen LogP contribution in [0.2, 0.25) is 0 Å². The molecule has 0 aliphatic rings. The molecular weight excluding hydrogens is 262 g/mol. The van der Waals surface area contributed by atoms with Crippen LogP contribution in [-0.4, -0.2) is 5.97 Å². The second-order valence-corrected chi connectivity index (χ2v) is 4.21. The zero-order valence-electron chi connectivity index (χ0n) is 10.8. The van der Waals surface area contributed by atoms with Crippen LogP contribution in [0.15, 0.2) is 49.1 Å². The fourth-order valence-electron chi connectivity index (χ4n) is 1.73. The van der Waals surface area contributed by atoms with Crippen LogP contribution in [0.4, 0.5) is 8.78 Å². The summed E-state index contributed by atoms with van der Waals surface area (Å²) in [6.07, 6.45) is 1.04. The van der Waals surface area contributed by atoms with Gasteiger partial charge in [-0.25, -0.2) is 13.6 Å². The molecule has 0 bridgehead atoms. The maximum Gasteiger partial charge on any atom is 0.335 e. The molecule has 0 fully saturated rings. The molecule has 0 radical (unpaired) electrons. The zero-order chi connectivity index (χ0) is 14.7. The minimum absolute atomic E-state index is 0.162. The highest BCUT2D eigenvalue weighted by Gasteiger charge is 2.12. The average molecular weight is 274 g/mol. The van der Waals surface area contributed by atoms with Crippen LogP contribution in [0.3, 0.4) is 0 Å². The van der Waals surface area contributed by atoms with E-state index in [9.17, 15) is 13.6 Å². The molecule has 0 unspecified atom stereocenters. The quantitative estimate of drug-likeness (QED) is 0.480. The molecule has 4 heteroatoms. The summed E-state index contributed by atoms with van der Waals surface area (Å²) < 4.78 is 32.3. The van der Waals surface area contributed by atoms with E-state index < -0.39 is 17.6 Å². The van der Waals surface area contributed by atoms with Crippen LogP contribution in [0.5, 0.6) is 5.75 Å². The summed E-state index contributed by atoms with van der Waals surface area (Å²) >= 11 is 0. The lowest BCUT2D eigenvalue weighted by Gasteiger charge is -2.07. The van der Waals surface area contributed by atoms with Crippen LogP contribution in [0, 0.1) is 18.6 Å². The first-order chi connectivity index (χ1) is 9.52. The van der Waals surface area contributed by atoms with Crippen molar-refractivity contribution in [1.29, 1.82) is 0 Å². The number of hydrogen-bond acceptors (Lipinski definition) is 2. The number of aryl methyl sites for hydroxylation is 1. The number of carbonyl (C=O) groups excluding carboxylic acids is 1. The summed E-state index contributed by atoms with van der Waals surface area (Å²) in [5, 5.41) is 0. The van der Waals surface area contributed by atoms with E-state index >= 15 is 0 Å². The fraction of sp³-hybridized carbons (Fsp3) is 0.0625. The number of halogens is 2. The molecule has 2 aromatic rings. The first-order valence-corrected chi connectivity index (χ1v) is 5.92. The van der Waals surface area contributed by atoms with Crippen molar-refractivity contribution in [2.45, 2.75) is 6.92 Å². The maximum absolute atomic E-state index is 13.8. The van der Waals surface area contributed by atoms with Gasteiger partial charge in [-0.15, -0.1) is 0 Å². The highest BCUT2D eigenvalue weighted by molar-refractivity contribution is 5.83. The maximum atomic E-state index is 13.8. The molecule has 0 heterocycles. The summed E-state index contributed by atoms with van der Waals surface area (Å²) in [7, 11) is 0. The highest BCUT2D eigenvalue weighted by Crippen LogP contribution is 2.27. The van der Waals surface area contributed by atoms with Gasteiger partial charge in [0.05, 0.1) is 0 Å².